The van der Waals surface area contributed by atoms with Gasteiger partial charge in [-0.2, -0.15) is 4.57 Å². The second-order valence-corrected chi connectivity index (χ2v) is 7.32. The van der Waals surface area contributed by atoms with Crippen molar-refractivity contribution in [1.82, 2.24) is 4.90 Å². The summed E-state index contributed by atoms with van der Waals surface area (Å²) in [6, 6.07) is 14.2. The summed E-state index contributed by atoms with van der Waals surface area (Å²) in [7, 11) is 0. The maximum absolute atomic E-state index is 11.9. The molecule has 0 radical (unpaired) electrons. The minimum absolute atomic E-state index is 0.0140. The molecule has 5 nitrogen and oxygen atoms in total. The van der Waals surface area contributed by atoms with Crippen LogP contribution >= 0.6 is 0 Å². The van der Waals surface area contributed by atoms with Crippen molar-refractivity contribution in [3.63, 3.8) is 0 Å². The third-order valence-corrected chi connectivity index (χ3v) is 3.84. The molecule has 1 aromatic heterocycles. The highest BCUT2D eigenvalue weighted by molar-refractivity contribution is 5.69. The molecule has 0 saturated carbocycles. The number of pyridine rings is 1. The first-order valence-electron chi connectivity index (χ1n) is 8.57. The van der Waals surface area contributed by atoms with Gasteiger partial charge in [-0.15, -0.1) is 0 Å². The number of carbonyl (C=O) groups excluding carboxylic acids is 1. The van der Waals surface area contributed by atoms with Crippen molar-refractivity contribution in [1.29, 1.82) is 0 Å². The van der Waals surface area contributed by atoms with Gasteiger partial charge in [-0.05, 0) is 26.8 Å². The van der Waals surface area contributed by atoms with Crippen LogP contribution in [0.15, 0.2) is 54.9 Å². The number of hydrogen-bond acceptors (Lipinski definition) is 3. The Morgan fingerprint density at radius 2 is 1.88 bits per heavy atom. The van der Waals surface area contributed by atoms with Crippen LogP contribution in [-0.4, -0.2) is 35.8 Å². The van der Waals surface area contributed by atoms with E-state index in [0.29, 0.717) is 13.1 Å². The summed E-state index contributed by atoms with van der Waals surface area (Å²) in [4.78, 5) is 13.6. The van der Waals surface area contributed by atoms with Gasteiger partial charge in [0.05, 0.1) is 13.1 Å². The first-order chi connectivity index (χ1) is 11.9. The molecule has 1 fully saturated rings. The molecule has 25 heavy (non-hydrogen) atoms. The topological polar surface area (TPSA) is 42.6 Å². The van der Waals surface area contributed by atoms with Crippen LogP contribution in [0.25, 0.3) is 0 Å². The summed E-state index contributed by atoms with van der Waals surface area (Å²) in [6.07, 6.45) is 3.75. The van der Waals surface area contributed by atoms with E-state index in [0.717, 1.165) is 12.3 Å². The summed E-state index contributed by atoms with van der Waals surface area (Å²) < 4.78 is 13.4. The van der Waals surface area contributed by atoms with Gasteiger partial charge < -0.3 is 14.4 Å². The predicted molar refractivity (Wildman–Crippen MR) is 94.4 cm³/mol. The lowest BCUT2D eigenvalue weighted by atomic mass is 10.1. The molecule has 2 heterocycles. The average molecular weight is 341 g/mol. The van der Waals surface area contributed by atoms with E-state index < -0.39 is 5.60 Å². The zero-order valence-electron chi connectivity index (χ0n) is 15.0. The Hall–Kier alpha value is -2.56. The summed E-state index contributed by atoms with van der Waals surface area (Å²) in [5.74, 6) is 0.812. The lowest BCUT2D eigenvalue weighted by Gasteiger charge is -2.39. The predicted octanol–water partition coefficient (Wildman–Crippen LogP) is 3.02. The number of benzene rings is 1. The molecule has 0 bridgehead atoms. The lowest BCUT2D eigenvalue weighted by Crippen LogP contribution is -2.57. The Labute approximate surface area is 148 Å². The van der Waals surface area contributed by atoms with Crippen molar-refractivity contribution < 1.29 is 18.8 Å². The molecule has 1 aliphatic heterocycles. The van der Waals surface area contributed by atoms with Gasteiger partial charge >= 0.3 is 6.09 Å². The van der Waals surface area contributed by atoms with Crippen molar-refractivity contribution in [3.8, 4) is 5.75 Å². The highest BCUT2D eigenvalue weighted by atomic mass is 16.6. The third kappa shape index (κ3) is 4.95. The summed E-state index contributed by atoms with van der Waals surface area (Å²) >= 11 is 0. The highest BCUT2D eigenvalue weighted by Crippen LogP contribution is 2.19. The smallest absolute Gasteiger partial charge is 0.410 e. The Morgan fingerprint density at radius 1 is 1.16 bits per heavy atom. The number of hydrogen-bond donors (Lipinski definition) is 0. The van der Waals surface area contributed by atoms with Crippen LogP contribution in [0.2, 0.25) is 0 Å². The molecular formula is C20H25N2O3+. The van der Waals surface area contributed by atoms with Crippen LogP contribution in [0.5, 0.6) is 5.75 Å². The van der Waals surface area contributed by atoms with E-state index in [4.69, 9.17) is 9.47 Å². The van der Waals surface area contributed by atoms with E-state index in [1.165, 1.54) is 5.56 Å². The van der Waals surface area contributed by atoms with Gasteiger partial charge in [0.25, 0.3) is 0 Å². The fourth-order valence-corrected chi connectivity index (χ4v) is 2.64. The molecule has 132 valence electrons. The molecule has 0 spiro atoms. The van der Waals surface area contributed by atoms with Crippen LogP contribution < -0.4 is 9.30 Å². The second-order valence-electron chi connectivity index (χ2n) is 7.32. The van der Waals surface area contributed by atoms with E-state index in [-0.39, 0.29) is 12.2 Å². The Morgan fingerprint density at radius 3 is 2.56 bits per heavy atom. The number of carbonyl (C=O) groups is 1. The minimum atomic E-state index is -0.467. The molecule has 1 aliphatic rings. The first-order valence-corrected chi connectivity index (χ1v) is 8.57. The van der Waals surface area contributed by atoms with Gasteiger partial charge in [0, 0.05) is 11.6 Å². The largest absolute Gasteiger partial charge is 0.480 e. The number of likely N-dealkylation sites (tertiary alicyclic amines) is 1. The standard InChI is InChI=1S/C20H25N2O3/c1-20(2,3)25-19(23)22-14-18(15-22)24-17-10-7-11-21(13-17)12-16-8-5-4-6-9-16/h4-11,13,18H,12,14-15H2,1-3H3/q+1. The minimum Gasteiger partial charge on any atom is -0.480 e. The van der Waals surface area contributed by atoms with Crippen molar-refractivity contribution in [2.24, 2.45) is 0 Å². The number of nitrogens with zero attached hydrogens (tertiary/aromatic N) is 2. The summed E-state index contributed by atoms with van der Waals surface area (Å²) in [5.41, 5.74) is 0.773. The zero-order chi connectivity index (χ0) is 17.9. The van der Waals surface area contributed by atoms with Gasteiger partial charge in [-0.25, -0.2) is 4.79 Å². The first kappa shape index (κ1) is 17.3. The molecule has 3 rings (SSSR count). The molecule has 1 aromatic carbocycles. The molecule has 5 heteroatoms. The molecule has 2 aromatic rings. The van der Waals surface area contributed by atoms with Crippen molar-refractivity contribution in [2.45, 2.75) is 39.0 Å². The van der Waals surface area contributed by atoms with Gasteiger partial charge in [-0.1, -0.05) is 30.3 Å². The van der Waals surface area contributed by atoms with Crippen molar-refractivity contribution in [2.75, 3.05) is 13.1 Å². The van der Waals surface area contributed by atoms with Gasteiger partial charge in [0.1, 0.15) is 11.7 Å². The lowest BCUT2D eigenvalue weighted by molar-refractivity contribution is -0.688. The monoisotopic (exact) mass is 341 g/mol. The Kier molecular flexibility index (Phi) is 4.93. The molecule has 0 unspecified atom stereocenters. The van der Waals surface area contributed by atoms with Crippen molar-refractivity contribution >= 4 is 6.09 Å². The fourth-order valence-electron chi connectivity index (χ4n) is 2.64. The van der Waals surface area contributed by atoms with Crippen LogP contribution in [0.3, 0.4) is 0 Å². The van der Waals surface area contributed by atoms with Crippen LogP contribution in [-0.2, 0) is 11.3 Å². The van der Waals surface area contributed by atoms with E-state index in [1.54, 1.807) is 4.90 Å². The Bertz CT molecular complexity index is 719. The van der Waals surface area contributed by atoms with Gasteiger partial charge in [0.15, 0.2) is 18.5 Å². The molecule has 0 aliphatic carbocycles. The van der Waals surface area contributed by atoms with Gasteiger partial charge in [0.2, 0.25) is 6.20 Å². The van der Waals surface area contributed by atoms with E-state index in [2.05, 4.69) is 16.7 Å². The molecular weight excluding hydrogens is 316 g/mol. The number of rotatable bonds is 4. The highest BCUT2D eigenvalue weighted by Gasteiger charge is 2.35. The normalized spacial score (nSPS) is 14.8. The molecule has 1 saturated heterocycles. The molecule has 1 amide bonds. The van der Waals surface area contributed by atoms with E-state index in [1.807, 2.05) is 63.5 Å². The zero-order valence-corrected chi connectivity index (χ0v) is 15.0. The average Bonchev–Trinajstić information content (AvgIpc) is 2.50. The van der Waals surface area contributed by atoms with E-state index in [9.17, 15) is 4.79 Å². The van der Waals surface area contributed by atoms with Crippen LogP contribution in [0, 0.1) is 0 Å². The Balaban J connectivity index is 1.51. The van der Waals surface area contributed by atoms with Crippen LogP contribution in [0.4, 0.5) is 4.79 Å². The fraction of sp³-hybridized carbons (Fsp3) is 0.400. The SMILES string of the molecule is CC(C)(C)OC(=O)N1CC(Oc2ccc[n+](Cc3ccccc3)c2)C1. The van der Waals surface area contributed by atoms with E-state index >= 15 is 0 Å². The number of aromatic nitrogens is 1. The maximum atomic E-state index is 11.9. The molecule has 0 N–H and O–H groups in total. The number of amides is 1. The quantitative estimate of drug-likeness (QED) is 0.803. The molecule has 0 atom stereocenters. The van der Waals surface area contributed by atoms with Crippen molar-refractivity contribution in [3.05, 3.63) is 60.4 Å². The summed E-state index contributed by atoms with van der Waals surface area (Å²) in [6.45, 7) is 7.52. The second kappa shape index (κ2) is 7.13. The maximum Gasteiger partial charge on any atom is 0.410 e. The van der Waals surface area contributed by atoms with Gasteiger partial charge in [-0.3, -0.25) is 0 Å². The number of ether oxygens (including phenoxy) is 2. The third-order valence-electron chi connectivity index (χ3n) is 3.84. The summed E-state index contributed by atoms with van der Waals surface area (Å²) in [5, 5.41) is 0. The van der Waals surface area contributed by atoms with Crippen LogP contribution in [0.1, 0.15) is 26.3 Å².